The molecule has 1 atom stereocenters. The van der Waals surface area contributed by atoms with E-state index < -0.39 is 0 Å². The molecule has 0 rings (SSSR count). The van der Waals surface area contributed by atoms with Crippen molar-refractivity contribution in [1.82, 2.24) is 9.80 Å². The zero-order chi connectivity index (χ0) is 14.5. The summed E-state index contributed by atoms with van der Waals surface area (Å²) in [6, 6.07) is 1.68. The van der Waals surface area contributed by atoms with Crippen molar-refractivity contribution in [2.75, 3.05) is 0 Å². The summed E-state index contributed by atoms with van der Waals surface area (Å²) in [5, 5.41) is 0. The summed E-state index contributed by atoms with van der Waals surface area (Å²) in [6.07, 6.45) is -0.0548. The van der Waals surface area contributed by atoms with Gasteiger partial charge in [0.25, 0.3) is 0 Å². The molecule has 0 aromatic heterocycles. The Bertz CT molecular complexity index is 189. The molecule has 0 saturated heterocycles. The van der Waals surface area contributed by atoms with Crippen molar-refractivity contribution in [2.24, 2.45) is 0 Å². The van der Waals surface area contributed by atoms with Gasteiger partial charge in [0.05, 0.1) is 0 Å². The number of hydrogen-bond acceptors (Lipinski definition) is 3. The second kappa shape index (κ2) is 8.71. The van der Waals surface area contributed by atoms with E-state index in [9.17, 15) is 0 Å². The van der Waals surface area contributed by atoms with Crippen LogP contribution in [0.15, 0.2) is 0 Å². The quantitative estimate of drug-likeness (QED) is 0.491. The van der Waals surface area contributed by atoms with Crippen LogP contribution in [0.4, 0.5) is 0 Å². The average molecular weight is 297 g/mol. The second-order valence-corrected chi connectivity index (χ2v) is 6.64. The molecule has 0 amide bonds. The molecule has 110 valence electrons. The van der Waals surface area contributed by atoms with Crippen LogP contribution in [-0.2, 0) is 4.52 Å². The van der Waals surface area contributed by atoms with Crippen LogP contribution in [-0.4, -0.2) is 40.3 Å². The van der Waals surface area contributed by atoms with Gasteiger partial charge < -0.3 is 4.52 Å². The molecular formula is C13H30ClN2OP. The molecule has 0 aromatic rings. The van der Waals surface area contributed by atoms with E-state index in [4.69, 9.17) is 15.8 Å². The highest BCUT2D eigenvalue weighted by atomic mass is 35.7. The lowest BCUT2D eigenvalue weighted by molar-refractivity contribution is -0.137. The third-order valence-electron chi connectivity index (χ3n) is 3.05. The molecular weight excluding hydrogens is 267 g/mol. The summed E-state index contributed by atoms with van der Waals surface area (Å²) < 4.78 is 5.86. The molecule has 0 fully saturated rings. The summed E-state index contributed by atoms with van der Waals surface area (Å²) in [6.45, 7) is 17.6. The van der Waals surface area contributed by atoms with Crippen molar-refractivity contribution < 1.29 is 4.52 Å². The summed E-state index contributed by atoms with van der Waals surface area (Å²) in [7, 11) is -0.0166. The van der Waals surface area contributed by atoms with Crippen molar-refractivity contribution in [3.63, 3.8) is 0 Å². The fourth-order valence-corrected chi connectivity index (χ4v) is 3.09. The van der Waals surface area contributed by atoms with Gasteiger partial charge in [-0.05, 0) is 55.4 Å². The SMILES string of the molecule is CC(C)N(C(C)C)C(OPCl)N(C(C)C)C(C)C. The molecule has 0 aliphatic carbocycles. The van der Waals surface area contributed by atoms with Gasteiger partial charge in [-0.15, -0.1) is 0 Å². The number of halogens is 1. The maximum absolute atomic E-state index is 5.86. The minimum Gasteiger partial charge on any atom is -0.314 e. The van der Waals surface area contributed by atoms with Crippen molar-refractivity contribution in [3.8, 4) is 0 Å². The molecule has 0 aliphatic heterocycles. The third kappa shape index (κ3) is 5.30. The maximum atomic E-state index is 5.86. The molecule has 0 aliphatic rings. The van der Waals surface area contributed by atoms with E-state index in [-0.39, 0.29) is 14.5 Å². The van der Waals surface area contributed by atoms with Crippen molar-refractivity contribution >= 4 is 19.4 Å². The summed E-state index contributed by atoms with van der Waals surface area (Å²) in [5.74, 6) is 0. The van der Waals surface area contributed by atoms with Gasteiger partial charge >= 0.3 is 0 Å². The lowest BCUT2D eigenvalue weighted by Crippen LogP contribution is -2.58. The smallest absolute Gasteiger partial charge is 0.174 e. The Morgan fingerprint density at radius 2 is 1.00 bits per heavy atom. The minimum absolute atomic E-state index is 0.0166. The van der Waals surface area contributed by atoms with Gasteiger partial charge in [0.1, 0.15) is 8.16 Å². The van der Waals surface area contributed by atoms with E-state index in [0.29, 0.717) is 24.2 Å². The van der Waals surface area contributed by atoms with Crippen LogP contribution in [0.3, 0.4) is 0 Å². The Hall–Kier alpha value is 0.600. The second-order valence-electron chi connectivity index (χ2n) is 5.79. The third-order valence-corrected chi connectivity index (χ3v) is 3.61. The Morgan fingerprint density at radius 3 is 1.17 bits per heavy atom. The van der Waals surface area contributed by atoms with E-state index in [0.717, 1.165) is 0 Å². The zero-order valence-corrected chi connectivity index (χ0v) is 14.8. The van der Waals surface area contributed by atoms with Crippen molar-refractivity contribution in [3.05, 3.63) is 0 Å². The van der Waals surface area contributed by atoms with E-state index in [1.807, 2.05) is 0 Å². The van der Waals surface area contributed by atoms with Gasteiger partial charge in [0, 0.05) is 24.2 Å². The van der Waals surface area contributed by atoms with E-state index in [2.05, 4.69) is 65.2 Å². The van der Waals surface area contributed by atoms with Gasteiger partial charge in [0.2, 0.25) is 0 Å². The van der Waals surface area contributed by atoms with Gasteiger partial charge in [-0.1, -0.05) is 11.2 Å². The maximum Gasteiger partial charge on any atom is 0.174 e. The first kappa shape index (κ1) is 18.6. The molecule has 3 nitrogen and oxygen atoms in total. The molecule has 0 aromatic carbocycles. The van der Waals surface area contributed by atoms with Crippen LogP contribution < -0.4 is 0 Å². The van der Waals surface area contributed by atoms with Crippen LogP contribution in [0.25, 0.3) is 0 Å². The first-order valence-corrected chi connectivity index (χ1v) is 8.72. The highest BCUT2D eigenvalue weighted by Crippen LogP contribution is 2.29. The minimum atomic E-state index is -0.0548. The number of nitrogens with zero attached hydrogens (tertiary/aromatic N) is 2. The highest BCUT2D eigenvalue weighted by Gasteiger charge is 2.33. The van der Waals surface area contributed by atoms with Crippen molar-refractivity contribution in [2.45, 2.75) is 85.9 Å². The van der Waals surface area contributed by atoms with Crippen LogP contribution in [0, 0.1) is 0 Å². The predicted octanol–water partition coefficient (Wildman–Crippen LogP) is 4.27. The van der Waals surface area contributed by atoms with Gasteiger partial charge in [-0.25, -0.2) is 0 Å². The van der Waals surface area contributed by atoms with Gasteiger partial charge in [0.15, 0.2) is 6.35 Å². The molecule has 18 heavy (non-hydrogen) atoms. The first-order valence-electron chi connectivity index (χ1n) is 6.80. The Balaban J connectivity index is 5.22. The van der Waals surface area contributed by atoms with Gasteiger partial charge in [-0.2, -0.15) is 0 Å². The fraction of sp³-hybridized carbons (Fsp3) is 1.00. The topological polar surface area (TPSA) is 15.7 Å². The predicted molar refractivity (Wildman–Crippen MR) is 83.3 cm³/mol. The fourth-order valence-electron chi connectivity index (χ4n) is 2.53. The summed E-state index contributed by atoms with van der Waals surface area (Å²) >= 11 is 5.86. The number of rotatable bonds is 8. The Kier molecular flexibility index (Phi) is 9.00. The van der Waals surface area contributed by atoms with E-state index >= 15 is 0 Å². The number of hydrogen-bond donors (Lipinski definition) is 0. The molecule has 0 saturated carbocycles. The largest absolute Gasteiger partial charge is 0.314 e. The molecule has 0 radical (unpaired) electrons. The van der Waals surface area contributed by atoms with Crippen LogP contribution in [0.2, 0.25) is 0 Å². The standard InChI is InChI=1S/C13H30ClN2OP/c1-9(2)15(10(3)4)13(17-18-14)16(11(5)6)12(7)8/h9-13,18H,1-8H3. The molecule has 5 heteroatoms. The van der Waals surface area contributed by atoms with Crippen LogP contribution in [0.5, 0.6) is 0 Å². The molecule has 1 unspecified atom stereocenters. The highest BCUT2D eigenvalue weighted by molar-refractivity contribution is 7.64. The van der Waals surface area contributed by atoms with Crippen molar-refractivity contribution in [1.29, 1.82) is 0 Å². The van der Waals surface area contributed by atoms with Crippen LogP contribution in [0.1, 0.15) is 55.4 Å². The lowest BCUT2D eigenvalue weighted by Gasteiger charge is -2.46. The molecule has 0 spiro atoms. The van der Waals surface area contributed by atoms with E-state index in [1.54, 1.807) is 0 Å². The van der Waals surface area contributed by atoms with Crippen LogP contribution >= 0.6 is 19.4 Å². The summed E-state index contributed by atoms with van der Waals surface area (Å²) in [4.78, 5) is 4.74. The monoisotopic (exact) mass is 296 g/mol. The molecule has 0 N–H and O–H groups in total. The average Bonchev–Trinajstić information content (AvgIpc) is 2.14. The lowest BCUT2D eigenvalue weighted by atomic mass is 10.2. The summed E-state index contributed by atoms with van der Waals surface area (Å²) in [5.41, 5.74) is 0. The first-order chi connectivity index (χ1) is 8.23. The van der Waals surface area contributed by atoms with Gasteiger partial charge in [-0.3, -0.25) is 9.80 Å². The van der Waals surface area contributed by atoms with E-state index in [1.165, 1.54) is 0 Å². The molecule has 0 heterocycles. The molecule has 0 bridgehead atoms. The Labute approximate surface area is 120 Å². The normalized spacial score (nSPS) is 14.0. The Morgan fingerprint density at radius 1 is 0.722 bits per heavy atom. The zero-order valence-electron chi connectivity index (χ0n) is 13.1.